The highest BCUT2D eigenvalue weighted by Gasteiger charge is 2.33. The molecule has 0 spiro atoms. The van der Waals surface area contributed by atoms with Crippen molar-refractivity contribution in [3.05, 3.63) is 59.7 Å². The Morgan fingerprint density at radius 1 is 0.947 bits per heavy atom. The van der Waals surface area contributed by atoms with E-state index in [1.807, 2.05) is 6.92 Å². The monoisotopic (exact) mass is 256 g/mol. The molecule has 3 heteroatoms. The molecule has 3 nitrogen and oxygen atoms in total. The molecule has 0 atom stereocenters. The Hall–Kier alpha value is -2.29. The van der Waals surface area contributed by atoms with E-state index in [1.165, 1.54) is 0 Å². The summed E-state index contributed by atoms with van der Waals surface area (Å²) in [6, 6.07) is 13.8. The highest BCUT2D eigenvalue weighted by Crippen LogP contribution is 2.42. The van der Waals surface area contributed by atoms with Crippen LogP contribution in [-0.4, -0.2) is 16.5 Å². The lowest BCUT2D eigenvalue weighted by atomic mass is 9.73. The Kier molecular flexibility index (Phi) is 3.56. The summed E-state index contributed by atoms with van der Waals surface area (Å²) in [4.78, 5) is 11.0. The average Bonchev–Trinajstić information content (AvgIpc) is 2.39. The van der Waals surface area contributed by atoms with Crippen molar-refractivity contribution in [3.63, 3.8) is 0 Å². The van der Waals surface area contributed by atoms with E-state index in [-0.39, 0.29) is 17.9 Å². The Morgan fingerprint density at radius 2 is 1.37 bits per heavy atom. The molecule has 0 radical (unpaired) electrons. The van der Waals surface area contributed by atoms with Gasteiger partial charge in [-0.25, -0.2) is 0 Å². The topological polar surface area (TPSA) is 57.5 Å². The number of carbonyl (C=O) groups excluding carboxylic acids is 1. The van der Waals surface area contributed by atoms with E-state index < -0.39 is 5.41 Å². The summed E-state index contributed by atoms with van der Waals surface area (Å²) >= 11 is 0. The number of hydrogen-bond acceptors (Lipinski definition) is 3. The maximum absolute atomic E-state index is 11.0. The molecule has 2 rings (SSSR count). The number of carbonyl (C=O) groups is 1. The number of benzene rings is 2. The first kappa shape index (κ1) is 13.1. The van der Waals surface area contributed by atoms with E-state index in [0.717, 1.165) is 6.29 Å². The predicted octanol–water partition coefficient (Wildman–Crippen LogP) is 2.99. The predicted molar refractivity (Wildman–Crippen MR) is 73.3 cm³/mol. The zero-order chi connectivity index (χ0) is 13.9. The summed E-state index contributed by atoms with van der Waals surface area (Å²) in [5.41, 5.74) is 0.505. The number of para-hydroxylation sites is 2. The maximum Gasteiger partial charge on any atom is 0.121 e. The first-order chi connectivity index (χ1) is 9.09. The maximum atomic E-state index is 11.0. The lowest BCUT2D eigenvalue weighted by Crippen LogP contribution is -2.24. The molecular formula is C16H16O3. The molecule has 0 aliphatic rings. The van der Waals surface area contributed by atoms with Gasteiger partial charge >= 0.3 is 0 Å². The zero-order valence-electron chi connectivity index (χ0n) is 10.7. The normalized spacial score (nSPS) is 11.2. The van der Waals surface area contributed by atoms with Crippen LogP contribution < -0.4 is 0 Å². The summed E-state index contributed by atoms with van der Waals surface area (Å²) in [5.74, 6) is 0.241. The number of hydrogen-bond donors (Lipinski definition) is 2. The Bertz CT molecular complexity index is 545. The first-order valence-electron chi connectivity index (χ1n) is 6.10. The molecule has 0 fully saturated rings. The molecule has 0 heterocycles. The van der Waals surface area contributed by atoms with Crippen LogP contribution in [0.1, 0.15) is 24.5 Å². The van der Waals surface area contributed by atoms with Crippen LogP contribution in [0.15, 0.2) is 48.5 Å². The summed E-state index contributed by atoms with van der Waals surface area (Å²) in [6.07, 6.45) is 0.987. The zero-order valence-corrected chi connectivity index (χ0v) is 10.7. The van der Waals surface area contributed by atoms with Gasteiger partial charge in [-0.1, -0.05) is 43.3 Å². The van der Waals surface area contributed by atoms with Gasteiger partial charge < -0.3 is 15.0 Å². The highest BCUT2D eigenvalue weighted by molar-refractivity contribution is 5.60. The van der Waals surface area contributed by atoms with Gasteiger partial charge in [0.15, 0.2) is 0 Å². The summed E-state index contributed by atoms with van der Waals surface area (Å²) in [7, 11) is 0. The molecule has 0 saturated carbocycles. The van der Waals surface area contributed by atoms with Crippen molar-refractivity contribution in [2.45, 2.75) is 18.8 Å². The lowest BCUT2D eigenvalue weighted by molar-refractivity contribution is -0.108. The fourth-order valence-corrected chi connectivity index (χ4v) is 2.41. The molecular weight excluding hydrogens is 240 g/mol. The molecule has 0 aliphatic heterocycles. The van der Waals surface area contributed by atoms with Gasteiger partial charge in [-0.05, 0) is 12.1 Å². The molecule has 2 N–H and O–H groups in total. The lowest BCUT2D eigenvalue weighted by Gasteiger charge is -2.30. The molecule has 2 aromatic rings. The number of rotatable bonds is 4. The fourth-order valence-electron chi connectivity index (χ4n) is 2.41. The van der Waals surface area contributed by atoms with Crippen LogP contribution in [0.3, 0.4) is 0 Å². The second-order valence-corrected chi connectivity index (χ2v) is 4.74. The van der Waals surface area contributed by atoms with Crippen molar-refractivity contribution in [3.8, 4) is 11.5 Å². The second kappa shape index (κ2) is 5.14. The average molecular weight is 256 g/mol. The van der Waals surface area contributed by atoms with Gasteiger partial charge in [0, 0.05) is 23.0 Å². The quantitative estimate of drug-likeness (QED) is 0.827. The van der Waals surface area contributed by atoms with E-state index in [4.69, 9.17) is 0 Å². The van der Waals surface area contributed by atoms with Crippen LogP contribution in [-0.2, 0) is 10.2 Å². The highest BCUT2D eigenvalue weighted by atomic mass is 16.3. The Labute approximate surface area is 112 Å². The van der Waals surface area contributed by atoms with E-state index in [0.29, 0.717) is 11.1 Å². The first-order valence-corrected chi connectivity index (χ1v) is 6.10. The van der Waals surface area contributed by atoms with Crippen LogP contribution in [0.25, 0.3) is 0 Å². The third-order valence-electron chi connectivity index (χ3n) is 3.49. The van der Waals surface area contributed by atoms with Crippen LogP contribution in [0.4, 0.5) is 0 Å². The molecule has 0 amide bonds. The van der Waals surface area contributed by atoms with Crippen LogP contribution in [0, 0.1) is 0 Å². The summed E-state index contributed by atoms with van der Waals surface area (Å²) < 4.78 is 0. The minimum Gasteiger partial charge on any atom is -0.508 e. The summed E-state index contributed by atoms with van der Waals surface area (Å²) in [6.45, 7) is 1.84. The Morgan fingerprint density at radius 3 is 1.74 bits per heavy atom. The van der Waals surface area contributed by atoms with Gasteiger partial charge in [0.05, 0.1) is 0 Å². The van der Waals surface area contributed by atoms with Crippen molar-refractivity contribution < 1.29 is 15.0 Å². The SMILES string of the molecule is CC(CC=O)(c1ccccc1O)c1ccccc1O. The van der Waals surface area contributed by atoms with E-state index >= 15 is 0 Å². The Balaban J connectivity index is 2.65. The molecule has 0 aromatic heterocycles. The molecule has 0 unspecified atom stereocenters. The van der Waals surface area contributed by atoms with Crippen LogP contribution in [0.5, 0.6) is 11.5 Å². The van der Waals surface area contributed by atoms with Gasteiger partial charge in [0.25, 0.3) is 0 Å². The van der Waals surface area contributed by atoms with Crippen molar-refractivity contribution in [2.75, 3.05) is 0 Å². The van der Waals surface area contributed by atoms with Crippen LogP contribution in [0.2, 0.25) is 0 Å². The molecule has 2 aromatic carbocycles. The molecule has 19 heavy (non-hydrogen) atoms. The molecule has 0 saturated heterocycles. The standard InChI is InChI=1S/C16H16O3/c1-16(10-11-17,12-6-2-4-8-14(12)18)13-7-3-5-9-15(13)19/h2-9,11,18-19H,10H2,1H3. The smallest absolute Gasteiger partial charge is 0.121 e. The third-order valence-corrected chi connectivity index (χ3v) is 3.49. The fraction of sp³-hybridized carbons (Fsp3) is 0.188. The minimum absolute atomic E-state index is 0.120. The van der Waals surface area contributed by atoms with E-state index in [1.54, 1.807) is 48.5 Å². The van der Waals surface area contributed by atoms with E-state index in [9.17, 15) is 15.0 Å². The van der Waals surface area contributed by atoms with Crippen molar-refractivity contribution in [2.24, 2.45) is 0 Å². The molecule has 98 valence electrons. The molecule has 0 bridgehead atoms. The number of phenolic OH excluding ortho intramolecular Hbond substituents is 2. The van der Waals surface area contributed by atoms with Crippen LogP contribution >= 0.6 is 0 Å². The number of phenols is 2. The van der Waals surface area contributed by atoms with E-state index in [2.05, 4.69) is 0 Å². The summed E-state index contributed by atoms with van der Waals surface area (Å²) in [5, 5.41) is 20.1. The van der Waals surface area contributed by atoms with Gasteiger partial charge in [-0.3, -0.25) is 0 Å². The van der Waals surface area contributed by atoms with Crippen molar-refractivity contribution >= 4 is 6.29 Å². The number of aromatic hydroxyl groups is 2. The van der Waals surface area contributed by atoms with Crippen molar-refractivity contribution in [1.29, 1.82) is 0 Å². The van der Waals surface area contributed by atoms with Gasteiger partial charge in [-0.2, -0.15) is 0 Å². The minimum atomic E-state index is -0.752. The largest absolute Gasteiger partial charge is 0.508 e. The van der Waals surface area contributed by atoms with Gasteiger partial charge in [-0.15, -0.1) is 0 Å². The third kappa shape index (κ3) is 2.32. The van der Waals surface area contributed by atoms with Gasteiger partial charge in [0.1, 0.15) is 17.8 Å². The van der Waals surface area contributed by atoms with Crippen molar-refractivity contribution in [1.82, 2.24) is 0 Å². The second-order valence-electron chi connectivity index (χ2n) is 4.74. The number of aldehydes is 1. The molecule has 0 aliphatic carbocycles. The van der Waals surface area contributed by atoms with Gasteiger partial charge in [0.2, 0.25) is 0 Å².